The van der Waals surface area contributed by atoms with E-state index in [1.165, 1.54) is 31.4 Å². The quantitative estimate of drug-likeness (QED) is 0.736. The van der Waals surface area contributed by atoms with Crippen LogP contribution in [0.4, 0.5) is 0 Å². The summed E-state index contributed by atoms with van der Waals surface area (Å²) in [5, 5.41) is 2.61. The largest absolute Gasteiger partial charge is 0.496 e. The Bertz CT molecular complexity index is 907. The van der Waals surface area contributed by atoms with Crippen molar-refractivity contribution >= 4 is 21.7 Å². The molecule has 0 bridgehead atoms. The Morgan fingerprint density at radius 3 is 2.38 bits per heavy atom. The van der Waals surface area contributed by atoms with Gasteiger partial charge in [-0.3, -0.25) is 4.79 Å². The Labute approximate surface area is 151 Å². The fourth-order valence-electron chi connectivity index (χ4n) is 2.26. The average Bonchev–Trinajstić information content (AvgIpc) is 2.63. The third-order valence-corrected chi connectivity index (χ3v) is 4.66. The van der Waals surface area contributed by atoms with E-state index in [0.717, 1.165) is 11.8 Å². The van der Waals surface area contributed by atoms with E-state index in [4.69, 9.17) is 9.47 Å². The Kier molecular flexibility index (Phi) is 6.35. The number of hydrogen-bond donors (Lipinski definition) is 1. The van der Waals surface area contributed by atoms with Crippen molar-refractivity contribution in [3.8, 4) is 5.75 Å². The fraction of sp³-hybridized carbons (Fsp3) is 0.222. The van der Waals surface area contributed by atoms with Gasteiger partial charge in [-0.1, -0.05) is 30.3 Å². The van der Waals surface area contributed by atoms with E-state index in [1.807, 2.05) is 12.1 Å². The lowest BCUT2D eigenvalue weighted by atomic mass is 10.2. The summed E-state index contributed by atoms with van der Waals surface area (Å²) in [6.45, 7) is -0.313. The Hall–Kier alpha value is -2.87. The molecule has 0 aliphatic carbocycles. The summed E-state index contributed by atoms with van der Waals surface area (Å²) in [4.78, 5) is 23.9. The van der Waals surface area contributed by atoms with Gasteiger partial charge in [-0.05, 0) is 18.2 Å². The van der Waals surface area contributed by atoms with Gasteiger partial charge < -0.3 is 14.8 Å². The van der Waals surface area contributed by atoms with Crippen LogP contribution in [0.3, 0.4) is 0 Å². The van der Waals surface area contributed by atoms with E-state index in [2.05, 4.69) is 5.32 Å². The van der Waals surface area contributed by atoms with Gasteiger partial charge in [0, 0.05) is 18.4 Å². The summed E-state index contributed by atoms with van der Waals surface area (Å²) >= 11 is 0. The molecule has 0 aliphatic rings. The second kappa shape index (κ2) is 8.48. The van der Waals surface area contributed by atoms with Gasteiger partial charge in [-0.2, -0.15) is 0 Å². The maximum atomic E-state index is 12.1. The first kappa shape index (κ1) is 19.5. The number of sulfone groups is 1. The van der Waals surface area contributed by atoms with Gasteiger partial charge in [0.25, 0.3) is 5.91 Å². The van der Waals surface area contributed by atoms with Crippen molar-refractivity contribution in [2.24, 2.45) is 0 Å². The first-order valence-electron chi connectivity index (χ1n) is 7.67. The molecular formula is C18H19NO6S. The van der Waals surface area contributed by atoms with Crippen LogP contribution < -0.4 is 10.1 Å². The highest BCUT2D eigenvalue weighted by Crippen LogP contribution is 2.17. The standard InChI is InChI=1S/C18H19NO6S/c1-24-15-9-5-3-7-13(15)11-19-17(20)12-25-18(21)14-8-4-6-10-16(14)26(2,22)23/h3-10H,11-12H2,1-2H3,(H,19,20). The SMILES string of the molecule is COc1ccccc1CNC(=O)COC(=O)c1ccccc1S(C)(=O)=O. The molecule has 0 saturated carbocycles. The summed E-state index contributed by atoms with van der Waals surface area (Å²) < 4.78 is 33.5. The van der Waals surface area contributed by atoms with Crippen LogP contribution in [0.2, 0.25) is 0 Å². The number of para-hydroxylation sites is 1. The maximum absolute atomic E-state index is 12.1. The number of esters is 1. The lowest BCUT2D eigenvalue weighted by Crippen LogP contribution is -2.28. The number of nitrogens with one attached hydrogen (secondary N) is 1. The third-order valence-electron chi connectivity index (χ3n) is 3.51. The van der Waals surface area contributed by atoms with E-state index >= 15 is 0 Å². The second-order valence-electron chi connectivity index (χ2n) is 5.43. The van der Waals surface area contributed by atoms with Crippen molar-refractivity contribution in [1.82, 2.24) is 5.32 Å². The van der Waals surface area contributed by atoms with Crippen LogP contribution in [-0.4, -0.2) is 40.3 Å². The topological polar surface area (TPSA) is 98.8 Å². The number of rotatable bonds is 7. The van der Waals surface area contributed by atoms with Gasteiger partial charge in [0.2, 0.25) is 0 Å². The molecule has 0 spiro atoms. The molecule has 0 saturated heterocycles. The molecule has 0 aliphatic heterocycles. The van der Waals surface area contributed by atoms with Gasteiger partial charge in [-0.15, -0.1) is 0 Å². The molecule has 138 valence electrons. The molecule has 2 aromatic rings. The third kappa shape index (κ3) is 5.06. The minimum Gasteiger partial charge on any atom is -0.496 e. The van der Waals surface area contributed by atoms with E-state index in [0.29, 0.717) is 5.75 Å². The van der Waals surface area contributed by atoms with Gasteiger partial charge in [-0.25, -0.2) is 13.2 Å². The van der Waals surface area contributed by atoms with Crippen molar-refractivity contribution in [2.75, 3.05) is 20.0 Å². The van der Waals surface area contributed by atoms with Gasteiger partial charge in [0.1, 0.15) is 5.75 Å². The Balaban J connectivity index is 1.95. The van der Waals surface area contributed by atoms with Crippen LogP contribution >= 0.6 is 0 Å². The minimum absolute atomic E-state index is 0.104. The molecule has 0 fully saturated rings. The smallest absolute Gasteiger partial charge is 0.339 e. The van der Waals surface area contributed by atoms with E-state index in [-0.39, 0.29) is 17.0 Å². The van der Waals surface area contributed by atoms with Crippen molar-refractivity contribution in [2.45, 2.75) is 11.4 Å². The van der Waals surface area contributed by atoms with Crippen LogP contribution in [-0.2, 0) is 25.9 Å². The van der Waals surface area contributed by atoms with Gasteiger partial charge >= 0.3 is 5.97 Å². The molecule has 2 rings (SSSR count). The first-order valence-corrected chi connectivity index (χ1v) is 9.57. The molecule has 0 unspecified atom stereocenters. The minimum atomic E-state index is -3.59. The van der Waals surface area contributed by atoms with E-state index < -0.39 is 28.3 Å². The molecule has 0 heterocycles. The van der Waals surface area contributed by atoms with Crippen molar-refractivity contribution in [1.29, 1.82) is 0 Å². The maximum Gasteiger partial charge on any atom is 0.339 e. The normalized spacial score (nSPS) is 10.8. The lowest BCUT2D eigenvalue weighted by Gasteiger charge is -2.10. The zero-order valence-corrected chi connectivity index (χ0v) is 15.2. The summed E-state index contributed by atoms with van der Waals surface area (Å²) in [5.41, 5.74) is 0.671. The monoisotopic (exact) mass is 377 g/mol. The zero-order valence-electron chi connectivity index (χ0n) is 14.4. The molecule has 8 heteroatoms. The van der Waals surface area contributed by atoms with Crippen LogP contribution in [0.5, 0.6) is 5.75 Å². The van der Waals surface area contributed by atoms with Crippen LogP contribution in [0.15, 0.2) is 53.4 Å². The second-order valence-corrected chi connectivity index (χ2v) is 7.42. The molecule has 7 nitrogen and oxygen atoms in total. The zero-order chi connectivity index (χ0) is 19.2. The number of hydrogen-bond acceptors (Lipinski definition) is 6. The Morgan fingerprint density at radius 1 is 1.04 bits per heavy atom. The van der Waals surface area contributed by atoms with Crippen LogP contribution in [0, 0.1) is 0 Å². The van der Waals surface area contributed by atoms with Crippen molar-refractivity contribution < 1.29 is 27.5 Å². The van der Waals surface area contributed by atoms with E-state index in [9.17, 15) is 18.0 Å². The number of ether oxygens (including phenoxy) is 2. The molecule has 0 radical (unpaired) electrons. The Morgan fingerprint density at radius 2 is 1.69 bits per heavy atom. The molecule has 2 aromatic carbocycles. The van der Waals surface area contributed by atoms with Crippen LogP contribution in [0.1, 0.15) is 15.9 Å². The molecule has 1 amide bonds. The number of carbonyl (C=O) groups excluding carboxylic acids is 2. The van der Waals surface area contributed by atoms with E-state index in [1.54, 1.807) is 12.1 Å². The number of carbonyl (C=O) groups is 2. The molecule has 0 atom stereocenters. The summed E-state index contributed by atoms with van der Waals surface area (Å²) in [6.07, 6.45) is 0.999. The highest BCUT2D eigenvalue weighted by molar-refractivity contribution is 7.90. The lowest BCUT2D eigenvalue weighted by molar-refractivity contribution is -0.124. The summed E-state index contributed by atoms with van der Waals surface area (Å²) in [6, 6.07) is 12.9. The van der Waals surface area contributed by atoms with Crippen molar-refractivity contribution in [3.63, 3.8) is 0 Å². The first-order chi connectivity index (χ1) is 12.3. The molecule has 26 heavy (non-hydrogen) atoms. The highest BCUT2D eigenvalue weighted by Gasteiger charge is 2.20. The van der Waals surface area contributed by atoms with Gasteiger partial charge in [0.05, 0.1) is 17.6 Å². The predicted molar refractivity (Wildman–Crippen MR) is 94.7 cm³/mol. The summed E-state index contributed by atoms with van der Waals surface area (Å²) in [7, 11) is -2.06. The average molecular weight is 377 g/mol. The highest BCUT2D eigenvalue weighted by atomic mass is 32.2. The molecular weight excluding hydrogens is 358 g/mol. The number of amides is 1. The number of benzene rings is 2. The fourth-order valence-corrected chi connectivity index (χ4v) is 3.14. The molecule has 1 N–H and O–H groups in total. The van der Waals surface area contributed by atoms with Crippen LogP contribution in [0.25, 0.3) is 0 Å². The van der Waals surface area contributed by atoms with Crippen molar-refractivity contribution in [3.05, 3.63) is 59.7 Å². The number of methoxy groups -OCH3 is 1. The summed E-state index contributed by atoms with van der Waals surface area (Å²) in [5.74, 6) is -0.758. The van der Waals surface area contributed by atoms with Gasteiger partial charge in [0.15, 0.2) is 16.4 Å². The predicted octanol–water partition coefficient (Wildman–Crippen LogP) is 1.57. The molecule has 0 aromatic heterocycles.